The van der Waals surface area contributed by atoms with Gasteiger partial charge in [0, 0.05) is 22.0 Å². The van der Waals surface area contributed by atoms with Gasteiger partial charge >= 0.3 is 0 Å². The number of aromatic nitrogens is 1. The van der Waals surface area contributed by atoms with Gasteiger partial charge in [-0.2, -0.15) is 0 Å². The molecule has 0 unspecified atom stereocenters. The molecule has 1 fully saturated rings. The third-order valence-corrected chi connectivity index (χ3v) is 5.42. The zero-order valence-electron chi connectivity index (χ0n) is 14.0. The lowest BCUT2D eigenvalue weighted by Crippen LogP contribution is -2.33. The summed E-state index contributed by atoms with van der Waals surface area (Å²) in [6.45, 7) is 3.10. The predicted molar refractivity (Wildman–Crippen MR) is 106 cm³/mol. The number of nitrogens with zero attached hydrogens (tertiary/aromatic N) is 2. The summed E-state index contributed by atoms with van der Waals surface area (Å²) < 4.78 is 3.11. The highest BCUT2D eigenvalue weighted by Crippen LogP contribution is 2.19. The monoisotopic (exact) mass is 437 g/mol. The maximum absolute atomic E-state index is 12.5. The Morgan fingerprint density at radius 3 is 2.79 bits per heavy atom. The summed E-state index contributed by atoms with van der Waals surface area (Å²) in [6.07, 6.45) is 5.50. The van der Waals surface area contributed by atoms with Crippen molar-refractivity contribution in [1.82, 2.24) is 14.8 Å². The van der Waals surface area contributed by atoms with Crippen LogP contribution < -0.4 is 5.32 Å². The number of amides is 1. The molecule has 1 amide bonds. The molecule has 2 heterocycles. The van der Waals surface area contributed by atoms with Crippen LogP contribution in [0, 0.1) is 9.49 Å². The number of halogens is 1. The van der Waals surface area contributed by atoms with Crippen LogP contribution in [0.4, 0.5) is 0 Å². The first-order valence-electron chi connectivity index (χ1n) is 8.53. The molecule has 0 bridgehead atoms. The standard InChI is InChI=1S/C19H24IN3O/c1-22-12-8-15(9-13-22)7-10-21-19(24)18-6-3-11-23(18)17-5-2-4-16(20)14-17/h2-6,11,14-15H,7-10,12-13H2,1H3,(H,21,24). The predicted octanol–water partition coefficient (Wildman–Crippen LogP) is 3.54. The summed E-state index contributed by atoms with van der Waals surface area (Å²) in [5.74, 6) is 0.746. The molecular weight excluding hydrogens is 413 g/mol. The Morgan fingerprint density at radius 2 is 2.04 bits per heavy atom. The van der Waals surface area contributed by atoms with Crippen LogP contribution >= 0.6 is 22.6 Å². The van der Waals surface area contributed by atoms with Gasteiger partial charge in [-0.05, 0) is 98.2 Å². The van der Waals surface area contributed by atoms with Crippen molar-refractivity contribution >= 4 is 28.5 Å². The molecule has 1 saturated heterocycles. The summed E-state index contributed by atoms with van der Waals surface area (Å²) in [4.78, 5) is 14.9. The molecule has 0 atom stereocenters. The van der Waals surface area contributed by atoms with Crippen LogP contribution in [0.15, 0.2) is 42.6 Å². The van der Waals surface area contributed by atoms with Crippen LogP contribution in [0.25, 0.3) is 5.69 Å². The normalized spacial score (nSPS) is 16.2. The minimum atomic E-state index is 0.00629. The van der Waals surface area contributed by atoms with E-state index in [-0.39, 0.29) is 5.91 Å². The number of nitrogens with one attached hydrogen (secondary N) is 1. The van der Waals surface area contributed by atoms with Gasteiger partial charge in [-0.3, -0.25) is 4.79 Å². The largest absolute Gasteiger partial charge is 0.351 e. The zero-order valence-corrected chi connectivity index (χ0v) is 16.2. The van der Waals surface area contributed by atoms with E-state index in [1.165, 1.54) is 25.9 Å². The topological polar surface area (TPSA) is 37.3 Å². The van der Waals surface area contributed by atoms with Gasteiger partial charge in [0.2, 0.25) is 0 Å². The number of benzene rings is 1. The maximum atomic E-state index is 12.5. The molecular formula is C19H24IN3O. The van der Waals surface area contributed by atoms with Gasteiger partial charge < -0.3 is 14.8 Å². The van der Waals surface area contributed by atoms with Crippen LogP contribution in [-0.2, 0) is 0 Å². The van der Waals surface area contributed by atoms with E-state index in [4.69, 9.17) is 0 Å². The molecule has 1 N–H and O–H groups in total. The third-order valence-electron chi connectivity index (χ3n) is 4.74. The highest BCUT2D eigenvalue weighted by Gasteiger charge is 2.17. The molecule has 0 radical (unpaired) electrons. The fourth-order valence-corrected chi connectivity index (χ4v) is 3.77. The summed E-state index contributed by atoms with van der Waals surface area (Å²) in [5.41, 5.74) is 1.72. The average Bonchev–Trinajstić information content (AvgIpc) is 3.06. The fourth-order valence-electron chi connectivity index (χ4n) is 3.25. The van der Waals surface area contributed by atoms with Crippen molar-refractivity contribution in [2.24, 2.45) is 5.92 Å². The Morgan fingerprint density at radius 1 is 1.25 bits per heavy atom. The summed E-state index contributed by atoms with van der Waals surface area (Å²) >= 11 is 2.29. The Hall–Kier alpha value is -1.34. The lowest BCUT2D eigenvalue weighted by Gasteiger charge is -2.28. The first kappa shape index (κ1) is 17.5. The SMILES string of the molecule is CN1CCC(CCNC(=O)c2cccn2-c2cccc(I)c2)CC1. The second kappa shape index (κ2) is 8.16. The van der Waals surface area contributed by atoms with Crippen LogP contribution in [-0.4, -0.2) is 42.1 Å². The second-order valence-corrected chi connectivity index (χ2v) is 7.78. The number of rotatable bonds is 5. The Bertz CT molecular complexity index is 689. The molecule has 0 spiro atoms. The van der Waals surface area contributed by atoms with Crippen molar-refractivity contribution in [3.05, 3.63) is 51.9 Å². The van der Waals surface area contributed by atoms with Gasteiger partial charge in [-0.25, -0.2) is 0 Å². The van der Waals surface area contributed by atoms with Crippen molar-refractivity contribution in [3.63, 3.8) is 0 Å². The van der Waals surface area contributed by atoms with Gasteiger partial charge in [0.15, 0.2) is 0 Å². The van der Waals surface area contributed by atoms with Crippen molar-refractivity contribution in [1.29, 1.82) is 0 Å². The Kier molecular flexibility index (Phi) is 5.94. The third kappa shape index (κ3) is 4.39. The van der Waals surface area contributed by atoms with E-state index in [2.05, 4.69) is 52.0 Å². The number of piperidine rings is 1. The lowest BCUT2D eigenvalue weighted by atomic mass is 9.94. The van der Waals surface area contributed by atoms with Crippen LogP contribution in [0.3, 0.4) is 0 Å². The minimum Gasteiger partial charge on any atom is -0.351 e. The molecule has 0 aliphatic carbocycles. The first-order valence-corrected chi connectivity index (χ1v) is 9.61. The number of carbonyl (C=O) groups excluding carboxylic acids is 1. The number of carbonyl (C=O) groups is 1. The van der Waals surface area contributed by atoms with Gasteiger partial charge in [-0.1, -0.05) is 6.07 Å². The van der Waals surface area contributed by atoms with E-state index in [1.807, 2.05) is 35.0 Å². The molecule has 1 aromatic carbocycles. The minimum absolute atomic E-state index is 0.00629. The number of hydrogen-bond acceptors (Lipinski definition) is 2. The van der Waals surface area contributed by atoms with Crippen molar-refractivity contribution in [3.8, 4) is 5.69 Å². The summed E-state index contributed by atoms with van der Waals surface area (Å²) in [6, 6.07) is 12.0. The van der Waals surface area contributed by atoms with E-state index < -0.39 is 0 Å². The smallest absolute Gasteiger partial charge is 0.268 e. The molecule has 2 aromatic rings. The molecule has 24 heavy (non-hydrogen) atoms. The van der Waals surface area contributed by atoms with Crippen molar-refractivity contribution < 1.29 is 4.79 Å². The molecule has 1 aliphatic heterocycles. The van der Waals surface area contributed by atoms with Crippen LogP contribution in [0.5, 0.6) is 0 Å². The van der Waals surface area contributed by atoms with E-state index in [1.54, 1.807) is 0 Å². The van der Waals surface area contributed by atoms with Crippen molar-refractivity contribution in [2.75, 3.05) is 26.7 Å². The van der Waals surface area contributed by atoms with Gasteiger partial charge in [-0.15, -0.1) is 0 Å². The van der Waals surface area contributed by atoms with Crippen LogP contribution in [0.1, 0.15) is 29.8 Å². The summed E-state index contributed by atoms with van der Waals surface area (Å²) in [5, 5.41) is 3.09. The Labute approximate surface area is 157 Å². The molecule has 5 heteroatoms. The number of likely N-dealkylation sites (tertiary alicyclic amines) is 1. The van der Waals surface area contributed by atoms with Gasteiger partial charge in [0.05, 0.1) is 0 Å². The van der Waals surface area contributed by atoms with E-state index >= 15 is 0 Å². The fraction of sp³-hybridized carbons (Fsp3) is 0.421. The highest BCUT2D eigenvalue weighted by atomic mass is 127. The second-order valence-electron chi connectivity index (χ2n) is 6.53. The van der Waals surface area contributed by atoms with E-state index in [9.17, 15) is 4.79 Å². The van der Waals surface area contributed by atoms with Crippen LogP contribution in [0.2, 0.25) is 0 Å². The highest BCUT2D eigenvalue weighted by molar-refractivity contribution is 14.1. The Balaban J connectivity index is 1.57. The maximum Gasteiger partial charge on any atom is 0.268 e. The molecule has 1 aromatic heterocycles. The quantitative estimate of drug-likeness (QED) is 0.727. The van der Waals surface area contributed by atoms with E-state index in [0.717, 1.165) is 28.1 Å². The number of hydrogen-bond donors (Lipinski definition) is 1. The molecule has 1 aliphatic rings. The molecule has 3 rings (SSSR count). The van der Waals surface area contributed by atoms with E-state index in [0.29, 0.717) is 5.69 Å². The van der Waals surface area contributed by atoms with Crippen molar-refractivity contribution in [2.45, 2.75) is 19.3 Å². The van der Waals surface area contributed by atoms with Gasteiger partial charge in [0.1, 0.15) is 5.69 Å². The molecule has 0 saturated carbocycles. The first-order chi connectivity index (χ1) is 11.6. The van der Waals surface area contributed by atoms with Gasteiger partial charge in [0.25, 0.3) is 5.91 Å². The zero-order chi connectivity index (χ0) is 16.9. The summed E-state index contributed by atoms with van der Waals surface area (Å²) in [7, 11) is 2.18. The molecule has 128 valence electrons. The average molecular weight is 437 g/mol. The molecule has 4 nitrogen and oxygen atoms in total. The lowest BCUT2D eigenvalue weighted by molar-refractivity contribution is 0.0942.